The van der Waals surface area contributed by atoms with Gasteiger partial charge in [0.1, 0.15) is 8.07 Å². The van der Waals surface area contributed by atoms with Crippen LogP contribution in [0.4, 0.5) is 0 Å². The molecule has 0 N–H and O–H groups in total. The quantitative estimate of drug-likeness (QED) is 0.393. The second-order valence-corrected chi connectivity index (χ2v) is 15.4. The van der Waals surface area contributed by atoms with Crippen molar-refractivity contribution in [3.05, 3.63) is 80.0 Å². The molecule has 0 spiro atoms. The number of rotatable bonds is 4. The van der Waals surface area contributed by atoms with Crippen molar-refractivity contribution in [2.24, 2.45) is 0 Å². The molecule has 1 aliphatic rings. The molecule has 3 rings (SSSR count). The molecule has 0 aliphatic carbocycles. The van der Waals surface area contributed by atoms with E-state index in [0.717, 1.165) is 0 Å². The van der Waals surface area contributed by atoms with E-state index < -0.39 is 8.07 Å². The summed E-state index contributed by atoms with van der Waals surface area (Å²) in [6, 6.07) is 21.6. The standard InChI is InChI=1S/C22H24Br2Si/c1-15(2)25(16(3)4)21(23)19(17-11-7-5-8-12-17)20(22(25)24)18-13-9-6-10-14-18/h5-16H,1-4H3. The summed E-state index contributed by atoms with van der Waals surface area (Å²) in [7, 11) is -1.89. The van der Waals surface area contributed by atoms with Crippen LogP contribution in [0.5, 0.6) is 0 Å². The smallest absolute Gasteiger partial charge is 0.0645 e. The normalized spacial score (nSPS) is 17.1. The number of halogens is 2. The molecule has 130 valence electrons. The van der Waals surface area contributed by atoms with E-state index in [-0.39, 0.29) is 0 Å². The van der Waals surface area contributed by atoms with E-state index in [1.165, 1.54) is 30.5 Å². The van der Waals surface area contributed by atoms with Crippen molar-refractivity contribution in [2.75, 3.05) is 0 Å². The fraction of sp³-hybridized carbons (Fsp3) is 0.273. The molecule has 25 heavy (non-hydrogen) atoms. The van der Waals surface area contributed by atoms with Crippen LogP contribution in [0, 0.1) is 0 Å². The second kappa shape index (κ2) is 7.38. The van der Waals surface area contributed by atoms with Crippen LogP contribution in [0.1, 0.15) is 38.8 Å². The molecule has 0 nitrogen and oxygen atoms in total. The van der Waals surface area contributed by atoms with E-state index >= 15 is 0 Å². The first-order chi connectivity index (χ1) is 11.9. The van der Waals surface area contributed by atoms with Gasteiger partial charge < -0.3 is 0 Å². The Hall–Kier alpha value is -0.903. The molecular weight excluding hydrogens is 452 g/mol. The van der Waals surface area contributed by atoms with Crippen molar-refractivity contribution < 1.29 is 0 Å². The fourth-order valence-electron chi connectivity index (χ4n) is 4.16. The zero-order chi connectivity index (χ0) is 18.2. The molecule has 1 heterocycles. The Labute approximate surface area is 169 Å². The van der Waals surface area contributed by atoms with E-state index in [0.29, 0.717) is 11.1 Å². The van der Waals surface area contributed by atoms with Crippen molar-refractivity contribution >= 4 is 51.1 Å². The summed E-state index contributed by atoms with van der Waals surface area (Å²) in [6.45, 7) is 9.52. The molecule has 0 amide bonds. The van der Waals surface area contributed by atoms with Crippen LogP contribution in [0.25, 0.3) is 11.1 Å². The maximum Gasteiger partial charge on any atom is 0.142 e. The predicted molar refractivity (Wildman–Crippen MR) is 121 cm³/mol. The van der Waals surface area contributed by atoms with Gasteiger partial charge in [0.25, 0.3) is 0 Å². The zero-order valence-corrected chi connectivity index (χ0v) is 19.4. The van der Waals surface area contributed by atoms with Crippen LogP contribution in [0.2, 0.25) is 11.1 Å². The summed E-state index contributed by atoms with van der Waals surface area (Å²) in [5, 5.41) is 0. The second-order valence-electron chi connectivity index (χ2n) is 7.29. The lowest BCUT2D eigenvalue weighted by Crippen LogP contribution is -2.41. The zero-order valence-electron chi connectivity index (χ0n) is 15.2. The average molecular weight is 476 g/mol. The van der Waals surface area contributed by atoms with Gasteiger partial charge in [-0.15, -0.1) is 0 Å². The highest BCUT2D eigenvalue weighted by Crippen LogP contribution is 2.59. The van der Waals surface area contributed by atoms with Crippen LogP contribution in [-0.4, -0.2) is 8.07 Å². The van der Waals surface area contributed by atoms with Gasteiger partial charge in [0, 0.05) is 0 Å². The minimum Gasteiger partial charge on any atom is -0.0645 e. The van der Waals surface area contributed by atoms with E-state index in [1.54, 1.807) is 0 Å². The first-order valence-corrected chi connectivity index (χ1v) is 12.6. The highest BCUT2D eigenvalue weighted by atomic mass is 79.9. The Morgan fingerprint density at radius 3 is 1.20 bits per heavy atom. The van der Waals surface area contributed by atoms with E-state index in [4.69, 9.17) is 0 Å². The number of allylic oxidation sites excluding steroid dienone is 2. The minimum absolute atomic E-state index is 0.608. The summed E-state index contributed by atoms with van der Waals surface area (Å²) >= 11 is 8.23. The molecule has 0 aromatic heterocycles. The van der Waals surface area contributed by atoms with E-state index in [9.17, 15) is 0 Å². The lowest BCUT2D eigenvalue weighted by atomic mass is 9.95. The highest BCUT2D eigenvalue weighted by Gasteiger charge is 2.52. The highest BCUT2D eigenvalue weighted by molar-refractivity contribution is 9.14. The molecule has 0 saturated heterocycles. The minimum atomic E-state index is -1.89. The Bertz CT molecular complexity index is 746. The first-order valence-electron chi connectivity index (χ1n) is 8.84. The lowest BCUT2D eigenvalue weighted by Gasteiger charge is -2.37. The van der Waals surface area contributed by atoms with Crippen LogP contribution < -0.4 is 0 Å². The van der Waals surface area contributed by atoms with E-state index in [1.807, 2.05) is 0 Å². The third-order valence-electron chi connectivity index (χ3n) is 5.36. The summed E-state index contributed by atoms with van der Waals surface area (Å²) in [4.78, 5) is 0. The van der Waals surface area contributed by atoms with Crippen molar-refractivity contribution in [2.45, 2.75) is 38.8 Å². The summed E-state index contributed by atoms with van der Waals surface area (Å²) in [6.07, 6.45) is 0. The van der Waals surface area contributed by atoms with Gasteiger partial charge in [0.15, 0.2) is 0 Å². The summed E-state index contributed by atoms with van der Waals surface area (Å²) < 4.78 is 2.86. The fourth-order valence-corrected chi connectivity index (χ4v) is 17.4. The van der Waals surface area contributed by atoms with Gasteiger partial charge in [-0.25, -0.2) is 0 Å². The third kappa shape index (κ3) is 2.94. The monoisotopic (exact) mass is 474 g/mol. The Kier molecular flexibility index (Phi) is 5.57. The van der Waals surface area contributed by atoms with Crippen LogP contribution in [0.15, 0.2) is 68.9 Å². The van der Waals surface area contributed by atoms with Gasteiger partial charge in [0.05, 0.1) is 0 Å². The molecule has 0 unspecified atom stereocenters. The van der Waals surface area contributed by atoms with Crippen LogP contribution in [0.3, 0.4) is 0 Å². The Morgan fingerprint density at radius 2 is 0.920 bits per heavy atom. The van der Waals surface area contributed by atoms with Crippen LogP contribution in [-0.2, 0) is 0 Å². The first kappa shape index (κ1) is 18.9. The Morgan fingerprint density at radius 1 is 0.600 bits per heavy atom. The topological polar surface area (TPSA) is 0 Å². The maximum atomic E-state index is 4.11. The maximum absolute atomic E-state index is 4.11. The number of hydrogen-bond donors (Lipinski definition) is 0. The molecule has 1 aliphatic heterocycles. The van der Waals surface area contributed by atoms with Gasteiger partial charge in [-0.2, -0.15) is 0 Å². The molecule has 0 atom stereocenters. The van der Waals surface area contributed by atoms with Gasteiger partial charge in [-0.1, -0.05) is 120 Å². The van der Waals surface area contributed by atoms with Crippen molar-refractivity contribution in [3.8, 4) is 0 Å². The van der Waals surface area contributed by atoms with Gasteiger partial charge in [-0.3, -0.25) is 0 Å². The summed E-state index contributed by atoms with van der Waals surface area (Å²) in [5.74, 6) is 0. The van der Waals surface area contributed by atoms with Crippen molar-refractivity contribution in [3.63, 3.8) is 0 Å². The van der Waals surface area contributed by atoms with Crippen LogP contribution >= 0.6 is 31.9 Å². The molecular formula is C22H24Br2Si. The number of hydrogen-bond acceptors (Lipinski definition) is 0. The predicted octanol–water partition coefficient (Wildman–Crippen LogP) is 7.96. The number of benzene rings is 2. The molecule has 0 saturated carbocycles. The molecule has 0 fully saturated rings. The lowest BCUT2D eigenvalue weighted by molar-refractivity contribution is 0.925. The van der Waals surface area contributed by atoms with Gasteiger partial charge in [-0.05, 0) is 41.6 Å². The SMILES string of the molecule is CC(C)[Si]1(C(C)C)C(Br)=C(c2ccccc2)C(c2ccccc2)=C1Br. The average Bonchev–Trinajstić information content (AvgIpc) is 2.84. The van der Waals surface area contributed by atoms with Gasteiger partial charge >= 0.3 is 0 Å². The van der Waals surface area contributed by atoms with Gasteiger partial charge in [0.2, 0.25) is 0 Å². The molecule has 3 heteroatoms. The molecule has 0 radical (unpaired) electrons. The van der Waals surface area contributed by atoms with Crippen molar-refractivity contribution in [1.82, 2.24) is 0 Å². The molecule has 2 aromatic carbocycles. The summed E-state index contributed by atoms with van der Waals surface area (Å²) in [5.41, 5.74) is 6.54. The van der Waals surface area contributed by atoms with Crippen molar-refractivity contribution in [1.29, 1.82) is 0 Å². The Balaban J connectivity index is 2.38. The molecule has 0 bridgehead atoms. The third-order valence-corrected chi connectivity index (χ3v) is 15.7. The van der Waals surface area contributed by atoms with E-state index in [2.05, 4.69) is 120 Å². The molecule has 2 aromatic rings. The largest absolute Gasteiger partial charge is 0.142 e.